The van der Waals surface area contributed by atoms with Crippen LogP contribution in [0.15, 0.2) is 53.4 Å². The molecule has 4 nitrogen and oxygen atoms in total. The molecule has 0 aromatic heterocycles. The zero-order valence-electron chi connectivity index (χ0n) is 12.7. The van der Waals surface area contributed by atoms with Crippen LogP contribution in [0.1, 0.15) is 15.9 Å². The van der Waals surface area contributed by atoms with Crippen molar-refractivity contribution in [3.05, 3.63) is 59.7 Å². The van der Waals surface area contributed by atoms with E-state index in [2.05, 4.69) is 5.32 Å². The predicted molar refractivity (Wildman–Crippen MR) is 87.8 cm³/mol. The molecule has 0 saturated heterocycles. The van der Waals surface area contributed by atoms with Crippen LogP contribution in [0.5, 0.6) is 5.75 Å². The van der Waals surface area contributed by atoms with Crippen LogP contribution in [0.2, 0.25) is 0 Å². The highest BCUT2D eigenvalue weighted by Crippen LogP contribution is 2.11. The van der Waals surface area contributed by atoms with Gasteiger partial charge in [-0.2, -0.15) is 0 Å². The first-order chi connectivity index (χ1) is 10.6. The van der Waals surface area contributed by atoms with Gasteiger partial charge in [0.2, 0.25) is 0 Å². The minimum Gasteiger partial charge on any atom is -0.497 e. The maximum absolute atomic E-state index is 12.0. The number of hydrogen-bond donors (Lipinski definition) is 1. The van der Waals surface area contributed by atoms with Crippen molar-refractivity contribution in [1.82, 2.24) is 5.32 Å². The molecule has 0 spiro atoms. The quantitative estimate of drug-likeness (QED) is 0.890. The van der Waals surface area contributed by atoms with E-state index in [1.165, 1.54) is 0 Å². The summed E-state index contributed by atoms with van der Waals surface area (Å²) in [5, 5.41) is 2.88. The van der Waals surface area contributed by atoms with E-state index < -0.39 is 10.8 Å². The van der Waals surface area contributed by atoms with E-state index >= 15 is 0 Å². The van der Waals surface area contributed by atoms with E-state index in [1.54, 1.807) is 37.6 Å². The summed E-state index contributed by atoms with van der Waals surface area (Å²) < 4.78 is 16.4. The second-order valence-corrected chi connectivity index (χ2v) is 6.21. The Labute approximate surface area is 133 Å². The van der Waals surface area contributed by atoms with Gasteiger partial charge in [-0.05, 0) is 48.4 Å². The molecule has 22 heavy (non-hydrogen) atoms. The number of carbonyl (C=O) groups is 1. The zero-order chi connectivity index (χ0) is 15.9. The number of nitrogens with one attached hydrogen (secondary N) is 1. The number of rotatable bonds is 6. The van der Waals surface area contributed by atoms with Gasteiger partial charge in [0.15, 0.2) is 0 Å². The van der Waals surface area contributed by atoms with Gasteiger partial charge in [-0.3, -0.25) is 9.00 Å². The van der Waals surface area contributed by atoms with Gasteiger partial charge < -0.3 is 10.1 Å². The van der Waals surface area contributed by atoms with Crippen molar-refractivity contribution in [3.8, 4) is 5.75 Å². The van der Waals surface area contributed by atoms with Crippen LogP contribution in [-0.4, -0.2) is 30.0 Å². The van der Waals surface area contributed by atoms with Crippen molar-refractivity contribution in [1.29, 1.82) is 0 Å². The highest BCUT2D eigenvalue weighted by Gasteiger charge is 2.06. The lowest BCUT2D eigenvalue weighted by atomic mass is 10.1. The van der Waals surface area contributed by atoms with Gasteiger partial charge in [-0.25, -0.2) is 0 Å². The highest BCUT2D eigenvalue weighted by atomic mass is 32.2. The Kier molecular flexibility index (Phi) is 5.72. The van der Waals surface area contributed by atoms with Crippen LogP contribution in [0.3, 0.4) is 0 Å². The lowest BCUT2D eigenvalue weighted by Gasteiger charge is -2.07. The van der Waals surface area contributed by atoms with E-state index in [-0.39, 0.29) is 5.91 Å². The van der Waals surface area contributed by atoms with Crippen molar-refractivity contribution in [2.24, 2.45) is 0 Å². The first kappa shape index (κ1) is 16.2. The fourth-order valence-electron chi connectivity index (χ4n) is 2.01. The zero-order valence-corrected chi connectivity index (χ0v) is 13.5. The molecule has 2 aromatic rings. The van der Waals surface area contributed by atoms with Crippen LogP contribution < -0.4 is 10.1 Å². The molecule has 0 radical (unpaired) electrons. The molecule has 1 unspecified atom stereocenters. The third kappa shape index (κ3) is 4.43. The molecule has 0 heterocycles. The molecule has 5 heteroatoms. The number of amides is 1. The minimum absolute atomic E-state index is 0.123. The Hall–Kier alpha value is -2.14. The molecule has 2 aromatic carbocycles. The summed E-state index contributed by atoms with van der Waals surface area (Å²) in [5.74, 6) is 0.697. The van der Waals surface area contributed by atoms with Crippen LogP contribution in [0, 0.1) is 0 Å². The maximum atomic E-state index is 12.0. The minimum atomic E-state index is -1.03. The van der Waals surface area contributed by atoms with E-state index in [4.69, 9.17) is 4.74 Å². The molecule has 1 atom stereocenters. The van der Waals surface area contributed by atoms with Gasteiger partial charge in [-0.1, -0.05) is 12.1 Å². The van der Waals surface area contributed by atoms with Crippen molar-refractivity contribution in [2.75, 3.05) is 19.9 Å². The number of carbonyl (C=O) groups excluding carboxylic acids is 1. The Balaban J connectivity index is 1.85. The molecule has 0 bridgehead atoms. The van der Waals surface area contributed by atoms with Gasteiger partial charge in [0, 0.05) is 34.1 Å². The van der Waals surface area contributed by atoms with Crippen molar-refractivity contribution < 1.29 is 13.7 Å². The number of benzene rings is 2. The molecule has 1 N–H and O–H groups in total. The van der Waals surface area contributed by atoms with E-state index in [1.807, 2.05) is 24.3 Å². The molecule has 0 aliphatic heterocycles. The van der Waals surface area contributed by atoms with Crippen LogP contribution >= 0.6 is 0 Å². The summed E-state index contributed by atoms with van der Waals surface area (Å²) >= 11 is 0. The molecule has 0 aliphatic rings. The maximum Gasteiger partial charge on any atom is 0.251 e. The Morgan fingerprint density at radius 1 is 1.09 bits per heavy atom. The molecule has 116 valence electrons. The van der Waals surface area contributed by atoms with Crippen molar-refractivity contribution in [3.63, 3.8) is 0 Å². The fourth-order valence-corrected chi connectivity index (χ4v) is 2.53. The van der Waals surface area contributed by atoms with Gasteiger partial charge in [0.25, 0.3) is 5.91 Å². The molecular formula is C17H19NO3S. The van der Waals surface area contributed by atoms with Crippen LogP contribution in [0.25, 0.3) is 0 Å². The number of ether oxygens (including phenoxy) is 1. The topological polar surface area (TPSA) is 55.4 Å². The average Bonchev–Trinajstić information content (AvgIpc) is 2.55. The first-order valence-electron chi connectivity index (χ1n) is 6.95. The average molecular weight is 317 g/mol. The standard InChI is InChI=1S/C17H19NO3S/c1-21-15-7-3-13(4-8-15)11-12-18-17(19)14-5-9-16(10-6-14)22(2)20/h3-10H,11-12H2,1-2H3,(H,18,19). The SMILES string of the molecule is COc1ccc(CCNC(=O)c2ccc(S(C)=O)cc2)cc1. The Morgan fingerprint density at radius 3 is 2.27 bits per heavy atom. The third-order valence-corrected chi connectivity index (χ3v) is 4.24. The summed E-state index contributed by atoms with van der Waals surface area (Å²) in [6.45, 7) is 0.562. The first-order valence-corrected chi connectivity index (χ1v) is 8.50. The summed E-state index contributed by atoms with van der Waals surface area (Å²) in [4.78, 5) is 12.7. The predicted octanol–water partition coefficient (Wildman–Crippen LogP) is 2.41. The van der Waals surface area contributed by atoms with Gasteiger partial charge in [-0.15, -0.1) is 0 Å². The second kappa shape index (κ2) is 7.75. The molecule has 0 aliphatic carbocycles. The summed E-state index contributed by atoms with van der Waals surface area (Å²) in [5.41, 5.74) is 1.71. The lowest BCUT2D eigenvalue weighted by molar-refractivity contribution is 0.0954. The van der Waals surface area contributed by atoms with Gasteiger partial charge in [0.05, 0.1) is 7.11 Å². The Bertz CT molecular complexity index is 651. The number of methoxy groups -OCH3 is 1. The van der Waals surface area contributed by atoms with Crippen molar-refractivity contribution >= 4 is 16.7 Å². The van der Waals surface area contributed by atoms with E-state index in [0.717, 1.165) is 22.6 Å². The Morgan fingerprint density at radius 2 is 1.73 bits per heavy atom. The summed E-state index contributed by atoms with van der Waals surface area (Å²) in [6, 6.07) is 14.6. The third-order valence-electron chi connectivity index (χ3n) is 3.31. The van der Waals surface area contributed by atoms with Crippen LogP contribution in [-0.2, 0) is 17.2 Å². The van der Waals surface area contributed by atoms with E-state index in [0.29, 0.717) is 12.1 Å². The fraction of sp³-hybridized carbons (Fsp3) is 0.235. The molecule has 0 saturated carbocycles. The monoisotopic (exact) mass is 317 g/mol. The smallest absolute Gasteiger partial charge is 0.251 e. The summed E-state index contributed by atoms with van der Waals surface area (Å²) in [6.07, 6.45) is 2.37. The normalized spacial score (nSPS) is 11.7. The molecule has 2 rings (SSSR count). The lowest BCUT2D eigenvalue weighted by Crippen LogP contribution is -2.25. The molecule has 1 amide bonds. The second-order valence-electron chi connectivity index (χ2n) is 4.83. The van der Waals surface area contributed by atoms with Gasteiger partial charge in [0.1, 0.15) is 5.75 Å². The van der Waals surface area contributed by atoms with Crippen molar-refractivity contribution in [2.45, 2.75) is 11.3 Å². The molecule has 0 fully saturated rings. The highest BCUT2D eigenvalue weighted by molar-refractivity contribution is 7.84. The largest absolute Gasteiger partial charge is 0.497 e. The van der Waals surface area contributed by atoms with Gasteiger partial charge >= 0.3 is 0 Å². The molecular weight excluding hydrogens is 298 g/mol. The summed E-state index contributed by atoms with van der Waals surface area (Å²) in [7, 11) is 0.608. The number of hydrogen-bond acceptors (Lipinski definition) is 3. The van der Waals surface area contributed by atoms with E-state index in [9.17, 15) is 9.00 Å². The van der Waals surface area contributed by atoms with Crippen LogP contribution in [0.4, 0.5) is 0 Å².